The first-order chi connectivity index (χ1) is 8.99. The van der Waals surface area contributed by atoms with Gasteiger partial charge in [0.1, 0.15) is 5.60 Å². The van der Waals surface area contributed by atoms with Gasteiger partial charge in [0, 0.05) is 13.5 Å². The molecule has 0 saturated heterocycles. The molecule has 1 rings (SSSR count). The Balaban J connectivity index is 2.81. The number of ether oxygens (including phenoxy) is 1. The predicted octanol–water partition coefficient (Wildman–Crippen LogP) is 4.13. The molecule has 0 N–H and O–H groups in total. The van der Waals surface area contributed by atoms with Crippen LogP contribution in [-0.4, -0.2) is 18.5 Å². The largest absolute Gasteiger partial charge is 0.370 e. The van der Waals surface area contributed by atoms with Crippen molar-refractivity contribution in [2.24, 2.45) is 0 Å². The summed E-state index contributed by atoms with van der Waals surface area (Å²) < 4.78 is 5.48. The molecule has 0 aliphatic heterocycles. The normalized spacial score (nSPS) is 11.9. The van der Waals surface area contributed by atoms with Gasteiger partial charge in [-0.15, -0.1) is 0 Å². The zero-order valence-corrected chi connectivity index (χ0v) is 12.8. The highest BCUT2D eigenvalue weighted by molar-refractivity contribution is 5.89. The van der Waals surface area contributed by atoms with Crippen LogP contribution in [0.5, 0.6) is 0 Å². The number of rotatable bonds is 7. The van der Waals surface area contributed by atoms with Crippen LogP contribution in [0.25, 0.3) is 0 Å². The average Bonchev–Trinajstić information content (AvgIpc) is 2.42. The Kier molecular flexibility index (Phi) is 5.74. The maximum Gasteiger partial charge on any atom is 0.168 e. The van der Waals surface area contributed by atoms with E-state index in [9.17, 15) is 4.79 Å². The molecule has 0 saturated carbocycles. The van der Waals surface area contributed by atoms with Crippen LogP contribution in [0.3, 0.4) is 0 Å². The van der Waals surface area contributed by atoms with E-state index in [0.717, 1.165) is 18.4 Å². The van der Waals surface area contributed by atoms with Gasteiger partial charge in [0.15, 0.2) is 5.78 Å². The van der Waals surface area contributed by atoms with Gasteiger partial charge in [0.25, 0.3) is 0 Å². The Morgan fingerprint density at radius 2 is 1.68 bits per heavy atom. The summed E-state index contributed by atoms with van der Waals surface area (Å²) in [4.78, 5) is 12.4. The third-order valence-electron chi connectivity index (χ3n) is 4.05. The van der Waals surface area contributed by atoms with Gasteiger partial charge < -0.3 is 4.74 Å². The number of hydrogen-bond acceptors (Lipinski definition) is 2. The summed E-state index contributed by atoms with van der Waals surface area (Å²) in [6, 6.07) is 8.33. The summed E-state index contributed by atoms with van der Waals surface area (Å²) >= 11 is 0. The van der Waals surface area contributed by atoms with Crippen LogP contribution in [0.1, 0.15) is 57.6 Å². The van der Waals surface area contributed by atoms with Gasteiger partial charge in [-0.25, -0.2) is 0 Å². The quantitative estimate of drug-likeness (QED) is 0.738. The van der Waals surface area contributed by atoms with Crippen molar-refractivity contribution in [3.8, 4) is 0 Å². The lowest BCUT2D eigenvalue weighted by Gasteiger charge is -2.28. The van der Waals surface area contributed by atoms with Crippen molar-refractivity contribution in [3.05, 3.63) is 35.4 Å². The monoisotopic (exact) mass is 262 g/mol. The molecule has 0 aliphatic carbocycles. The van der Waals surface area contributed by atoms with E-state index in [1.165, 1.54) is 5.56 Å². The Morgan fingerprint density at radius 3 is 2.05 bits per heavy atom. The first-order valence-corrected chi connectivity index (χ1v) is 7.16. The fourth-order valence-corrected chi connectivity index (χ4v) is 2.41. The fourth-order valence-electron chi connectivity index (χ4n) is 2.41. The Morgan fingerprint density at radius 1 is 1.16 bits per heavy atom. The summed E-state index contributed by atoms with van der Waals surface area (Å²) in [5.41, 5.74) is 1.76. The SMILES string of the molecule is CCC(CC)(OC)C(=O)Cc1ccc(C(C)C)cc1. The van der Waals surface area contributed by atoms with Crippen molar-refractivity contribution in [2.45, 2.75) is 58.5 Å². The highest BCUT2D eigenvalue weighted by Crippen LogP contribution is 2.23. The molecular formula is C17H26O2. The zero-order chi connectivity index (χ0) is 14.5. The molecule has 0 heterocycles. The molecule has 2 nitrogen and oxygen atoms in total. The van der Waals surface area contributed by atoms with Crippen molar-refractivity contribution in [3.63, 3.8) is 0 Å². The zero-order valence-electron chi connectivity index (χ0n) is 12.8. The van der Waals surface area contributed by atoms with Crippen molar-refractivity contribution in [1.29, 1.82) is 0 Å². The smallest absolute Gasteiger partial charge is 0.168 e. The number of Topliss-reactive ketones (excluding diaryl/α,β-unsaturated/α-hetero) is 1. The fraction of sp³-hybridized carbons (Fsp3) is 0.588. The molecule has 0 atom stereocenters. The average molecular weight is 262 g/mol. The van der Waals surface area contributed by atoms with E-state index in [4.69, 9.17) is 4.74 Å². The number of carbonyl (C=O) groups excluding carboxylic acids is 1. The Labute approximate surface area is 117 Å². The van der Waals surface area contributed by atoms with Crippen LogP contribution in [0, 0.1) is 0 Å². The van der Waals surface area contributed by atoms with E-state index < -0.39 is 5.60 Å². The van der Waals surface area contributed by atoms with Crippen molar-refractivity contribution in [2.75, 3.05) is 7.11 Å². The molecule has 2 heteroatoms. The minimum absolute atomic E-state index is 0.178. The summed E-state index contributed by atoms with van der Waals surface area (Å²) in [7, 11) is 1.63. The van der Waals surface area contributed by atoms with Crippen LogP contribution >= 0.6 is 0 Å². The van der Waals surface area contributed by atoms with Crippen LogP contribution in [-0.2, 0) is 16.0 Å². The number of hydrogen-bond donors (Lipinski definition) is 0. The van der Waals surface area contributed by atoms with Crippen molar-refractivity contribution < 1.29 is 9.53 Å². The molecular weight excluding hydrogens is 236 g/mol. The summed E-state index contributed by atoms with van der Waals surface area (Å²) in [6.07, 6.45) is 1.90. The molecule has 0 radical (unpaired) electrons. The molecule has 0 spiro atoms. The van der Waals surface area contributed by atoms with E-state index in [0.29, 0.717) is 12.3 Å². The molecule has 0 unspecified atom stereocenters. The lowest BCUT2D eigenvalue weighted by Crippen LogP contribution is -2.40. The standard InChI is InChI=1S/C17H26O2/c1-6-17(7-2,19-5)16(18)12-14-8-10-15(11-9-14)13(3)4/h8-11,13H,6-7,12H2,1-5H3. The van der Waals surface area contributed by atoms with Gasteiger partial charge in [-0.2, -0.15) is 0 Å². The summed E-state index contributed by atoms with van der Waals surface area (Å²) in [6.45, 7) is 8.36. The van der Waals surface area contributed by atoms with Gasteiger partial charge in [0.05, 0.1) is 0 Å². The third-order valence-corrected chi connectivity index (χ3v) is 4.05. The molecule has 0 fully saturated rings. The van der Waals surface area contributed by atoms with Crippen molar-refractivity contribution >= 4 is 5.78 Å². The number of carbonyl (C=O) groups is 1. The molecule has 19 heavy (non-hydrogen) atoms. The maximum absolute atomic E-state index is 12.4. The number of benzene rings is 1. The van der Waals surface area contributed by atoms with E-state index in [2.05, 4.69) is 38.1 Å². The molecule has 0 amide bonds. The lowest BCUT2D eigenvalue weighted by atomic mass is 9.88. The number of methoxy groups -OCH3 is 1. The molecule has 106 valence electrons. The van der Waals surface area contributed by atoms with Crippen molar-refractivity contribution in [1.82, 2.24) is 0 Å². The minimum Gasteiger partial charge on any atom is -0.370 e. The second-order valence-corrected chi connectivity index (χ2v) is 5.40. The van der Waals surface area contributed by atoms with Gasteiger partial charge in [-0.3, -0.25) is 4.79 Å². The van der Waals surface area contributed by atoms with Gasteiger partial charge in [-0.05, 0) is 29.9 Å². The van der Waals surface area contributed by atoms with E-state index in [-0.39, 0.29) is 5.78 Å². The summed E-state index contributed by atoms with van der Waals surface area (Å²) in [5, 5.41) is 0. The predicted molar refractivity (Wildman–Crippen MR) is 79.6 cm³/mol. The molecule has 0 aromatic heterocycles. The van der Waals surface area contributed by atoms with Crippen LogP contribution < -0.4 is 0 Å². The van der Waals surface area contributed by atoms with E-state index in [1.807, 2.05) is 13.8 Å². The van der Waals surface area contributed by atoms with Crippen LogP contribution in [0.2, 0.25) is 0 Å². The minimum atomic E-state index is -0.614. The maximum atomic E-state index is 12.4. The van der Waals surface area contributed by atoms with Gasteiger partial charge in [0.2, 0.25) is 0 Å². The second kappa shape index (κ2) is 6.85. The topological polar surface area (TPSA) is 26.3 Å². The Bertz CT molecular complexity index is 392. The Hall–Kier alpha value is -1.15. The molecule has 0 aliphatic rings. The van der Waals surface area contributed by atoms with Crippen LogP contribution in [0.4, 0.5) is 0 Å². The summed E-state index contributed by atoms with van der Waals surface area (Å²) in [5.74, 6) is 0.700. The van der Waals surface area contributed by atoms with E-state index >= 15 is 0 Å². The molecule has 0 bridgehead atoms. The second-order valence-electron chi connectivity index (χ2n) is 5.40. The lowest BCUT2D eigenvalue weighted by molar-refractivity contribution is -0.141. The highest BCUT2D eigenvalue weighted by Gasteiger charge is 2.33. The highest BCUT2D eigenvalue weighted by atomic mass is 16.5. The van der Waals surface area contributed by atoms with Gasteiger partial charge in [-0.1, -0.05) is 52.0 Å². The third kappa shape index (κ3) is 3.66. The first kappa shape index (κ1) is 15.9. The molecule has 1 aromatic rings. The number of ketones is 1. The molecule has 1 aromatic carbocycles. The van der Waals surface area contributed by atoms with E-state index in [1.54, 1.807) is 7.11 Å². The van der Waals surface area contributed by atoms with Crippen LogP contribution in [0.15, 0.2) is 24.3 Å². The van der Waals surface area contributed by atoms with Gasteiger partial charge >= 0.3 is 0 Å². The first-order valence-electron chi connectivity index (χ1n) is 7.16.